The Hall–Kier alpha value is -1.10. The average Bonchev–Trinajstić information content (AvgIpc) is 2.39. The third-order valence-corrected chi connectivity index (χ3v) is 3.44. The largest absolute Gasteiger partial charge is 0.356 e. The van der Waals surface area contributed by atoms with Crippen LogP contribution in [0.3, 0.4) is 0 Å². The highest BCUT2D eigenvalue weighted by Gasteiger charge is 2.32. The first-order valence-electron chi connectivity index (χ1n) is 6.81. The molecular weight excluding hydrogens is 230 g/mol. The van der Waals surface area contributed by atoms with Crippen molar-refractivity contribution in [3.05, 3.63) is 0 Å². The first-order chi connectivity index (χ1) is 8.56. The number of amides is 2. The van der Waals surface area contributed by atoms with E-state index in [9.17, 15) is 9.59 Å². The molecule has 0 aromatic rings. The van der Waals surface area contributed by atoms with E-state index in [0.29, 0.717) is 38.9 Å². The zero-order chi connectivity index (χ0) is 14.0. The second-order valence-corrected chi connectivity index (χ2v) is 4.55. The van der Waals surface area contributed by atoms with E-state index in [1.807, 2.05) is 20.8 Å². The van der Waals surface area contributed by atoms with Crippen LogP contribution in [0.5, 0.6) is 0 Å². The molecule has 0 rings (SSSR count). The summed E-state index contributed by atoms with van der Waals surface area (Å²) in [7, 11) is 0. The van der Waals surface area contributed by atoms with Crippen LogP contribution in [0.1, 0.15) is 46.5 Å². The normalized spacial score (nSPS) is 11.1. The number of nitrogens with one attached hydrogen (secondary N) is 2. The quantitative estimate of drug-likeness (QED) is 0.571. The molecule has 0 saturated carbocycles. The Kier molecular flexibility index (Phi) is 8.37. The van der Waals surface area contributed by atoms with Crippen LogP contribution >= 0.6 is 0 Å². The predicted octanol–water partition coefficient (Wildman–Crippen LogP) is 0.784. The van der Waals surface area contributed by atoms with Gasteiger partial charge in [-0.15, -0.1) is 0 Å². The first kappa shape index (κ1) is 16.9. The van der Waals surface area contributed by atoms with E-state index < -0.39 is 5.41 Å². The van der Waals surface area contributed by atoms with Crippen LogP contribution in [0.25, 0.3) is 0 Å². The van der Waals surface area contributed by atoms with Gasteiger partial charge in [0.15, 0.2) is 0 Å². The highest BCUT2D eigenvalue weighted by molar-refractivity contribution is 5.83. The van der Waals surface area contributed by atoms with Crippen molar-refractivity contribution in [2.45, 2.75) is 46.5 Å². The predicted molar refractivity (Wildman–Crippen MR) is 73.0 cm³/mol. The van der Waals surface area contributed by atoms with Crippen molar-refractivity contribution in [3.8, 4) is 0 Å². The number of hydrogen-bond acceptors (Lipinski definition) is 3. The van der Waals surface area contributed by atoms with Crippen LogP contribution in [0.4, 0.5) is 0 Å². The molecule has 106 valence electrons. The van der Waals surface area contributed by atoms with Crippen molar-refractivity contribution in [1.29, 1.82) is 0 Å². The first-order valence-corrected chi connectivity index (χ1v) is 6.81. The third-order valence-electron chi connectivity index (χ3n) is 3.44. The lowest BCUT2D eigenvalue weighted by Crippen LogP contribution is -2.46. The van der Waals surface area contributed by atoms with E-state index >= 15 is 0 Å². The molecule has 0 aromatic heterocycles. The lowest BCUT2D eigenvalue weighted by atomic mass is 9.81. The van der Waals surface area contributed by atoms with Gasteiger partial charge >= 0.3 is 0 Å². The second kappa shape index (κ2) is 8.91. The molecule has 0 aliphatic heterocycles. The zero-order valence-corrected chi connectivity index (χ0v) is 11.8. The van der Waals surface area contributed by atoms with Crippen LogP contribution < -0.4 is 16.4 Å². The Labute approximate surface area is 110 Å². The van der Waals surface area contributed by atoms with Crippen LogP contribution in [0, 0.1) is 5.41 Å². The third kappa shape index (κ3) is 5.04. The van der Waals surface area contributed by atoms with Crippen LogP contribution in [0.15, 0.2) is 0 Å². The second-order valence-electron chi connectivity index (χ2n) is 4.55. The molecule has 18 heavy (non-hydrogen) atoms. The lowest BCUT2D eigenvalue weighted by molar-refractivity contribution is -0.131. The maximum absolute atomic E-state index is 12.0. The summed E-state index contributed by atoms with van der Waals surface area (Å²) in [4.78, 5) is 23.4. The molecule has 5 heteroatoms. The van der Waals surface area contributed by atoms with Crippen molar-refractivity contribution in [2.24, 2.45) is 11.1 Å². The van der Waals surface area contributed by atoms with Gasteiger partial charge in [-0.2, -0.15) is 0 Å². The molecule has 0 radical (unpaired) electrons. The molecule has 0 saturated heterocycles. The molecule has 0 heterocycles. The number of carbonyl (C=O) groups excluding carboxylic acids is 2. The van der Waals surface area contributed by atoms with Crippen molar-refractivity contribution in [1.82, 2.24) is 10.6 Å². The van der Waals surface area contributed by atoms with E-state index in [2.05, 4.69) is 10.6 Å². The summed E-state index contributed by atoms with van der Waals surface area (Å²) in [5.74, 6) is -0.0678. The Morgan fingerprint density at radius 3 is 2.11 bits per heavy atom. The van der Waals surface area contributed by atoms with Gasteiger partial charge in [0.25, 0.3) is 0 Å². The maximum atomic E-state index is 12.0. The fraction of sp³-hybridized carbons (Fsp3) is 0.846. The van der Waals surface area contributed by atoms with Gasteiger partial charge in [-0.05, 0) is 19.3 Å². The molecule has 0 aliphatic rings. The Morgan fingerprint density at radius 1 is 1.06 bits per heavy atom. The molecule has 0 unspecified atom stereocenters. The molecule has 0 fully saturated rings. The fourth-order valence-electron chi connectivity index (χ4n) is 1.78. The van der Waals surface area contributed by atoms with E-state index in [1.54, 1.807) is 0 Å². The van der Waals surface area contributed by atoms with Gasteiger partial charge in [0.05, 0.1) is 5.41 Å². The van der Waals surface area contributed by atoms with Gasteiger partial charge in [-0.1, -0.05) is 20.8 Å². The molecule has 0 aromatic carbocycles. The van der Waals surface area contributed by atoms with Crippen molar-refractivity contribution in [2.75, 3.05) is 19.6 Å². The summed E-state index contributed by atoms with van der Waals surface area (Å²) in [5, 5.41) is 5.58. The molecule has 0 atom stereocenters. The van der Waals surface area contributed by atoms with Crippen LogP contribution in [-0.2, 0) is 9.59 Å². The van der Waals surface area contributed by atoms with Crippen molar-refractivity contribution in [3.63, 3.8) is 0 Å². The zero-order valence-electron chi connectivity index (χ0n) is 11.8. The Bertz CT molecular complexity index is 255. The van der Waals surface area contributed by atoms with E-state index in [1.165, 1.54) is 0 Å². The standard InChI is InChI=1S/C13H27N3O2/c1-4-8-15-11(17)7-9-16-12(18)13(5-2,6-3)10-14/h4-10,14H2,1-3H3,(H,15,17)(H,16,18). The summed E-state index contributed by atoms with van der Waals surface area (Å²) < 4.78 is 0. The number of carbonyl (C=O) groups is 2. The molecule has 2 amide bonds. The monoisotopic (exact) mass is 257 g/mol. The molecule has 0 bridgehead atoms. The van der Waals surface area contributed by atoms with Crippen molar-refractivity contribution < 1.29 is 9.59 Å². The summed E-state index contributed by atoms with van der Waals surface area (Å²) in [5.41, 5.74) is 5.20. The summed E-state index contributed by atoms with van der Waals surface area (Å²) in [6.07, 6.45) is 2.67. The van der Waals surface area contributed by atoms with Gasteiger partial charge in [0.1, 0.15) is 0 Å². The molecule has 0 spiro atoms. The van der Waals surface area contributed by atoms with Crippen LogP contribution in [-0.4, -0.2) is 31.4 Å². The SMILES string of the molecule is CCCNC(=O)CCNC(=O)C(CC)(CC)CN. The summed E-state index contributed by atoms with van der Waals surface area (Å²) in [6.45, 7) is 7.32. The molecular formula is C13H27N3O2. The van der Waals surface area contributed by atoms with Crippen LogP contribution in [0.2, 0.25) is 0 Å². The van der Waals surface area contributed by atoms with Crippen molar-refractivity contribution >= 4 is 11.8 Å². The molecule has 4 N–H and O–H groups in total. The van der Waals surface area contributed by atoms with Gasteiger partial charge in [-0.3, -0.25) is 9.59 Å². The number of nitrogens with two attached hydrogens (primary N) is 1. The fourth-order valence-corrected chi connectivity index (χ4v) is 1.78. The smallest absolute Gasteiger partial charge is 0.227 e. The topological polar surface area (TPSA) is 84.2 Å². The summed E-state index contributed by atoms with van der Waals surface area (Å²) in [6, 6.07) is 0. The number of hydrogen-bond donors (Lipinski definition) is 3. The minimum absolute atomic E-state index is 0.0245. The highest BCUT2D eigenvalue weighted by atomic mass is 16.2. The Balaban J connectivity index is 4.06. The maximum Gasteiger partial charge on any atom is 0.227 e. The minimum Gasteiger partial charge on any atom is -0.356 e. The molecule has 5 nitrogen and oxygen atoms in total. The Morgan fingerprint density at radius 2 is 1.67 bits per heavy atom. The average molecular weight is 257 g/mol. The van der Waals surface area contributed by atoms with E-state index in [4.69, 9.17) is 5.73 Å². The molecule has 0 aliphatic carbocycles. The lowest BCUT2D eigenvalue weighted by Gasteiger charge is -2.28. The van der Waals surface area contributed by atoms with E-state index in [0.717, 1.165) is 6.42 Å². The van der Waals surface area contributed by atoms with Gasteiger partial charge < -0.3 is 16.4 Å². The van der Waals surface area contributed by atoms with Gasteiger partial charge in [-0.25, -0.2) is 0 Å². The van der Waals surface area contributed by atoms with Gasteiger partial charge in [0, 0.05) is 26.1 Å². The number of rotatable bonds is 9. The summed E-state index contributed by atoms with van der Waals surface area (Å²) >= 11 is 0. The van der Waals surface area contributed by atoms with E-state index in [-0.39, 0.29) is 11.8 Å². The minimum atomic E-state index is -0.486. The highest BCUT2D eigenvalue weighted by Crippen LogP contribution is 2.24. The van der Waals surface area contributed by atoms with Gasteiger partial charge in [0.2, 0.25) is 11.8 Å².